The summed E-state index contributed by atoms with van der Waals surface area (Å²) in [5.74, 6) is 1.40. The van der Waals surface area contributed by atoms with E-state index in [1.54, 1.807) is 0 Å². The number of rotatable bonds is 1. The van der Waals surface area contributed by atoms with Gasteiger partial charge < -0.3 is 5.11 Å². The molecule has 1 N–H and O–H groups in total. The number of terminal acetylenes is 1. The van der Waals surface area contributed by atoms with Crippen LogP contribution in [0.2, 0.25) is 5.02 Å². The molecule has 0 heterocycles. The van der Waals surface area contributed by atoms with E-state index < -0.39 is 11.9 Å². The summed E-state index contributed by atoms with van der Waals surface area (Å²) in [5.41, 5.74) is -0.0401. The molecule has 1 atom stereocenters. The smallest absolute Gasteiger partial charge is 0.144 e. The maximum Gasteiger partial charge on any atom is 0.144 e. The van der Waals surface area contributed by atoms with Crippen LogP contribution in [-0.2, 0) is 0 Å². The summed E-state index contributed by atoms with van der Waals surface area (Å²) in [4.78, 5) is 0. The molecule has 0 spiro atoms. The van der Waals surface area contributed by atoms with Gasteiger partial charge in [0.2, 0.25) is 0 Å². The Balaban J connectivity index is 3.23. The van der Waals surface area contributed by atoms with E-state index in [2.05, 4.69) is 0 Å². The number of benzene rings is 1. The van der Waals surface area contributed by atoms with Crippen molar-refractivity contribution in [3.05, 3.63) is 34.6 Å². The van der Waals surface area contributed by atoms with Crippen LogP contribution in [0, 0.1) is 18.2 Å². The monoisotopic (exact) mass is 184 g/mol. The summed E-state index contributed by atoms with van der Waals surface area (Å²) in [6.07, 6.45) is 3.64. The van der Waals surface area contributed by atoms with Crippen LogP contribution in [-0.4, -0.2) is 5.11 Å². The van der Waals surface area contributed by atoms with E-state index in [1.165, 1.54) is 18.2 Å². The largest absolute Gasteiger partial charge is 0.376 e. The average molecular weight is 185 g/mol. The Labute approximate surface area is 74.8 Å². The zero-order valence-electron chi connectivity index (χ0n) is 6.09. The van der Waals surface area contributed by atoms with Crippen LogP contribution in [0.25, 0.3) is 0 Å². The SMILES string of the molecule is C#CC(O)c1c(F)cccc1Cl. The van der Waals surface area contributed by atoms with Gasteiger partial charge in [0, 0.05) is 5.56 Å². The molecule has 0 fully saturated rings. The Bertz CT molecular complexity index is 310. The summed E-state index contributed by atoms with van der Waals surface area (Å²) in [7, 11) is 0. The van der Waals surface area contributed by atoms with Crippen LogP contribution >= 0.6 is 11.6 Å². The predicted octanol–water partition coefficient (Wildman–Crippen LogP) is 2.15. The quantitative estimate of drug-likeness (QED) is 0.663. The van der Waals surface area contributed by atoms with Gasteiger partial charge in [-0.3, -0.25) is 0 Å². The van der Waals surface area contributed by atoms with E-state index in [1.807, 2.05) is 5.92 Å². The first-order valence-corrected chi connectivity index (χ1v) is 3.62. The first-order valence-electron chi connectivity index (χ1n) is 3.25. The highest BCUT2D eigenvalue weighted by molar-refractivity contribution is 6.31. The normalized spacial score (nSPS) is 12.2. The molecule has 0 aliphatic carbocycles. The molecular weight excluding hydrogens is 179 g/mol. The van der Waals surface area contributed by atoms with Crippen LogP contribution in [0.5, 0.6) is 0 Å². The van der Waals surface area contributed by atoms with Crippen LogP contribution in [0.1, 0.15) is 11.7 Å². The predicted molar refractivity (Wildman–Crippen MR) is 45.2 cm³/mol. The number of aliphatic hydroxyl groups is 1. The van der Waals surface area contributed by atoms with Crippen LogP contribution in [0.3, 0.4) is 0 Å². The summed E-state index contributed by atoms with van der Waals surface area (Å²) in [6, 6.07) is 4.12. The second-order valence-electron chi connectivity index (χ2n) is 2.20. The third-order valence-corrected chi connectivity index (χ3v) is 1.76. The van der Waals surface area contributed by atoms with Gasteiger partial charge in [-0.1, -0.05) is 23.6 Å². The highest BCUT2D eigenvalue weighted by Crippen LogP contribution is 2.24. The number of aliphatic hydroxyl groups excluding tert-OH is 1. The van der Waals surface area contributed by atoms with Crippen LogP contribution in [0.15, 0.2) is 18.2 Å². The maximum absolute atomic E-state index is 12.9. The van der Waals surface area contributed by atoms with Crippen molar-refractivity contribution in [2.24, 2.45) is 0 Å². The van der Waals surface area contributed by atoms with E-state index >= 15 is 0 Å². The standard InChI is InChI=1S/C9H6ClFO/c1-2-8(12)9-6(10)4-3-5-7(9)11/h1,3-5,8,12H. The molecule has 3 heteroatoms. The van der Waals surface area contributed by atoms with Gasteiger partial charge in [0.15, 0.2) is 0 Å². The van der Waals surface area contributed by atoms with Gasteiger partial charge in [-0.25, -0.2) is 4.39 Å². The minimum Gasteiger partial charge on any atom is -0.376 e. The molecule has 0 saturated heterocycles. The average Bonchev–Trinajstić information content (AvgIpc) is 2.03. The van der Waals surface area contributed by atoms with E-state index in [-0.39, 0.29) is 10.6 Å². The highest BCUT2D eigenvalue weighted by Gasteiger charge is 2.13. The molecular formula is C9H6ClFO. The van der Waals surface area contributed by atoms with Gasteiger partial charge in [-0.2, -0.15) is 0 Å². The minimum atomic E-state index is -1.28. The third kappa shape index (κ3) is 1.58. The van der Waals surface area contributed by atoms with Gasteiger partial charge in [0.1, 0.15) is 11.9 Å². The van der Waals surface area contributed by atoms with Crippen molar-refractivity contribution in [2.75, 3.05) is 0 Å². The number of hydrogen-bond acceptors (Lipinski definition) is 1. The fourth-order valence-corrected chi connectivity index (χ4v) is 1.12. The fourth-order valence-electron chi connectivity index (χ4n) is 0.855. The second-order valence-corrected chi connectivity index (χ2v) is 2.61. The van der Waals surface area contributed by atoms with Crippen molar-refractivity contribution >= 4 is 11.6 Å². The summed E-state index contributed by atoms with van der Waals surface area (Å²) >= 11 is 5.61. The van der Waals surface area contributed by atoms with Crippen molar-refractivity contribution in [1.29, 1.82) is 0 Å². The van der Waals surface area contributed by atoms with E-state index in [9.17, 15) is 4.39 Å². The zero-order valence-corrected chi connectivity index (χ0v) is 6.85. The fraction of sp³-hybridized carbons (Fsp3) is 0.111. The lowest BCUT2D eigenvalue weighted by atomic mass is 10.1. The molecule has 1 unspecified atom stereocenters. The molecule has 0 aliphatic rings. The molecule has 0 radical (unpaired) electrons. The topological polar surface area (TPSA) is 20.2 Å². The van der Waals surface area contributed by atoms with Gasteiger partial charge in [0.05, 0.1) is 5.02 Å². The molecule has 12 heavy (non-hydrogen) atoms. The Hall–Kier alpha value is -1.04. The maximum atomic E-state index is 12.9. The molecule has 0 aromatic heterocycles. The summed E-state index contributed by atoms with van der Waals surface area (Å²) in [5, 5.41) is 9.27. The van der Waals surface area contributed by atoms with E-state index in [0.717, 1.165) is 0 Å². The van der Waals surface area contributed by atoms with Gasteiger partial charge in [-0.05, 0) is 12.1 Å². The molecule has 1 aromatic rings. The minimum absolute atomic E-state index is 0.0401. The molecule has 1 nitrogen and oxygen atoms in total. The van der Waals surface area contributed by atoms with Crippen molar-refractivity contribution in [3.63, 3.8) is 0 Å². The highest BCUT2D eigenvalue weighted by atomic mass is 35.5. The molecule has 0 saturated carbocycles. The molecule has 1 aromatic carbocycles. The molecule has 0 amide bonds. The first-order chi connectivity index (χ1) is 5.66. The second kappa shape index (κ2) is 3.57. The Morgan fingerprint density at radius 2 is 2.25 bits per heavy atom. The Kier molecular flexibility index (Phi) is 2.69. The molecule has 0 aliphatic heterocycles. The molecule has 1 rings (SSSR count). The first kappa shape index (κ1) is 9.05. The third-order valence-electron chi connectivity index (χ3n) is 1.43. The summed E-state index contributed by atoms with van der Waals surface area (Å²) in [6.45, 7) is 0. The lowest BCUT2D eigenvalue weighted by molar-refractivity contribution is 0.233. The van der Waals surface area contributed by atoms with E-state index in [0.29, 0.717) is 0 Å². The summed E-state index contributed by atoms with van der Waals surface area (Å²) < 4.78 is 12.9. The lowest BCUT2D eigenvalue weighted by Gasteiger charge is -2.06. The lowest BCUT2D eigenvalue weighted by Crippen LogP contribution is -1.98. The Morgan fingerprint density at radius 1 is 1.58 bits per heavy atom. The van der Waals surface area contributed by atoms with Crippen molar-refractivity contribution in [3.8, 4) is 12.3 Å². The van der Waals surface area contributed by atoms with Gasteiger partial charge in [0.25, 0.3) is 0 Å². The van der Waals surface area contributed by atoms with Gasteiger partial charge >= 0.3 is 0 Å². The van der Waals surface area contributed by atoms with Crippen molar-refractivity contribution in [2.45, 2.75) is 6.10 Å². The Morgan fingerprint density at radius 3 is 2.75 bits per heavy atom. The van der Waals surface area contributed by atoms with Crippen molar-refractivity contribution in [1.82, 2.24) is 0 Å². The van der Waals surface area contributed by atoms with Crippen LogP contribution < -0.4 is 0 Å². The van der Waals surface area contributed by atoms with E-state index in [4.69, 9.17) is 23.1 Å². The molecule has 62 valence electrons. The molecule has 0 bridgehead atoms. The zero-order chi connectivity index (χ0) is 9.14. The number of halogens is 2. The number of hydrogen-bond donors (Lipinski definition) is 1. The van der Waals surface area contributed by atoms with Crippen LogP contribution in [0.4, 0.5) is 4.39 Å². The van der Waals surface area contributed by atoms with Crippen molar-refractivity contribution < 1.29 is 9.50 Å². The van der Waals surface area contributed by atoms with Gasteiger partial charge in [-0.15, -0.1) is 6.42 Å².